The van der Waals surface area contributed by atoms with Crippen LogP contribution < -0.4 is 0 Å². The molecule has 1 saturated heterocycles. The largest absolute Gasteiger partial charge is 0.418 e. The normalized spacial score (nSPS) is 18.0. The molecule has 0 N–H and O–H groups in total. The van der Waals surface area contributed by atoms with Crippen molar-refractivity contribution >= 4 is 5.97 Å². The molecule has 4 nitrogen and oxygen atoms in total. The summed E-state index contributed by atoms with van der Waals surface area (Å²) in [5, 5.41) is 1.53. The van der Waals surface area contributed by atoms with E-state index in [1.165, 1.54) is 17.3 Å². The van der Waals surface area contributed by atoms with Gasteiger partial charge in [-0.25, -0.2) is 4.79 Å². The summed E-state index contributed by atoms with van der Waals surface area (Å²) in [4.78, 5) is 21.1. The maximum Gasteiger partial charge on any atom is 0.418 e. The fourth-order valence-corrected chi connectivity index (χ4v) is 2.46. The Morgan fingerprint density at radius 1 is 1.26 bits per heavy atom. The molecule has 1 fully saturated rings. The molecular formula is C16H21F3N2O2. The highest BCUT2D eigenvalue weighted by Gasteiger charge is 2.37. The van der Waals surface area contributed by atoms with Crippen LogP contribution in [0.2, 0.25) is 0 Å². The molecule has 1 aliphatic heterocycles. The molecular weight excluding hydrogens is 309 g/mol. The summed E-state index contributed by atoms with van der Waals surface area (Å²) in [5.41, 5.74) is -1.20. The predicted molar refractivity (Wildman–Crippen MR) is 78.3 cm³/mol. The van der Waals surface area contributed by atoms with Crippen LogP contribution in [0, 0.1) is 5.41 Å². The number of piperidine rings is 1. The minimum absolute atomic E-state index is 0.0850. The van der Waals surface area contributed by atoms with E-state index in [1.54, 1.807) is 20.8 Å². The summed E-state index contributed by atoms with van der Waals surface area (Å²) in [6.45, 7) is 6.07. The van der Waals surface area contributed by atoms with Crippen LogP contribution in [-0.2, 0) is 15.8 Å². The van der Waals surface area contributed by atoms with Crippen molar-refractivity contribution in [2.24, 2.45) is 5.41 Å². The third-order valence-corrected chi connectivity index (χ3v) is 3.81. The summed E-state index contributed by atoms with van der Waals surface area (Å²) < 4.78 is 39.2. The van der Waals surface area contributed by atoms with E-state index in [0.29, 0.717) is 25.9 Å². The average Bonchev–Trinajstić information content (AvgIpc) is 2.46. The van der Waals surface area contributed by atoms with Gasteiger partial charge in [0, 0.05) is 25.2 Å². The van der Waals surface area contributed by atoms with Gasteiger partial charge in [-0.05, 0) is 45.7 Å². The fourth-order valence-electron chi connectivity index (χ4n) is 2.46. The van der Waals surface area contributed by atoms with Crippen molar-refractivity contribution < 1.29 is 22.8 Å². The van der Waals surface area contributed by atoms with E-state index in [9.17, 15) is 18.0 Å². The van der Waals surface area contributed by atoms with Gasteiger partial charge in [-0.1, -0.05) is 0 Å². The van der Waals surface area contributed by atoms with Gasteiger partial charge in [0.15, 0.2) is 0 Å². The molecule has 0 aliphatic carbocycles. The Morgan fingerprint density at radius 2 is 1.87 bits per heavy atom. The second kappa shape index (κ2) is 6.47. The van der Waals surface area contributed by atoms with Gasteiger partial charge in [-0.2, -0.15) is 13.2 Å². The number of carbonyl (C=O) groups excluding carboxylic acids is 1. The van der Waals surface area contributed by atoms with Crippen molar-refractivity contribution in [2.45, 2.75) is 45.7 Å². The topological polar surface area (TPSA) is 42.4 Å². The number of hydrogen-bond acceptors (Lipinski definition) is 4. The van der Waals surface area contributed by atoms with Gasteiger partial charge in [0.2, 0.25) is 0 Å². The van der Waals surface area contributed by atoms with E-state index in [1.807, 2.05) is 0 Å². The number of alkyl halides is 3. The van der Waals surface area contributed by atoms with Crippen LogP contribution in [-0.4, -0.2) is 29.1 Å². The third kappa shape index (κ3) is 4.43. The number of pyridine rings is 1. The van der Waals surface area contributed by atoms with Crippen molar-refractivity contribution in [1.29, 1.82) is 0 Å². The molecule has 0 radical (unpaired) electrons. The molecule has 23 heavy (non-hydrogen) atoms. The maximum atomic E-state index is 13.1. The highest BCUT2D eigenvalue weighted by molar-refractivity contribution is 5.75. The van der Waals surface area contributed by atoms with Crippen LogP contribution in [0.5, 0.6) is 0 Å². The lowest BCUT2D eigenvalue weighted by molar-refractivity contribution is -0.204. The van der Waals surface area contributed by atoms with E-state index in [-0.39, 0.29) is 17.6 Å². The Kier molecular flexibility index (Phi) is 4.98. The number of nitrogens with zero attached hydrogens (tertiary/aromatic N) is 2. The SMILES string of the molecule is CC(C)(C)C(=O)ON1CCC(c2ncccc2C(F)(F)F)CC1. The Labute approximate surface area is 133 Å². The fraction of sp³-hybridized carbons (Fsp3) is 0.625. The smallest absolute Gasteiger partial charge is 0.367 e. The number of aromatic nitrogens is 1. The van der Waals surface area contributed by atoms with Crippen LogP contribution in [0.15, 0.2) is 18.3 Å². The number of hydroxylamine groups is 2. The van der Waals surface area contributed by atoms with E-state index in [0.717, 1.165) is 6.07 Å². The summed E-state index contributed by atoms with van der Waals surface area (Å²) in [6, 6.07) is 2.36. The van der Waals surface area contributed by atoms with Crippen molar-refractivity contribution in [2.75, 3.05) is 13.1 Å². The van der Waals surface area contributed by atoms with Crippen LogP contribution in [0.3, 0.4) is 0 Å². The van der Waals surface area contributed by atoms with Crippen molar-refractivity contribution in [1.82, 2.24) is 10.0 Å². The molecule has 1 aromatic heterocycles. The molecule has 0 amide bonds. The summed E-state index contributed by atoms with van der Waals surface area (Å²) in [7, 11) is 0. The lowest BCUT2D eigenvalue weighted by atomic mass is 9.91. The highest BCUT2D eigenvalue weighted by atomic mass is 19.4. The molecule has 0 bridgehead atoms. The molecule has 1 aromatic rings. The van der Waals surface area contributed by atoms with Gasteiger partial charge in [0.1, 0.15) is 0 Å². The average molecular weight is 330 g/mol. The molecule has 128 valence electrons. The second-order valence-electron chi connectivity index (χ2n) is 6.77. The van der Waals surface area contributed by atoms with Gasteiger partial charge in [0.25, 0.3) is 0 Å². The minimum atomic E-state index is -4.40. The maximum absolute atomic E-state index is 13.1. The van der Waals surface area contributed by atoms with Crippen LogP contribution in [0.4, 0.5) is 13.2 Å². The van der Waals surface area contributed by atoms with Crippen LogP contribution in [0.25, 0.3) is 0 Å². The Balaban J connectivity index is 2.02. The van der Waals surface area contributed by atoms with Gasteiger partial charge >= 0.3 is 12.1 Å². The van der Waals surface area contributed by atoms with E-state index < -0.39 is 17.2 Å². The van der Waals surface area contributed by atoms with Crippen molar-refractivity contribution in [3.05, 3.63) is 29.6 Å². The highest BCUT2D eigenvalue weighted by Crippen LogP contribution is 2.37. The van der Waals surface area contributed by atoms with Gasteiger partial charge in [0.05, 0.1) is 16.7 Å². The van der Waals surface area contributed by atoms with Crippen LogP contribution >= 0.6 is 0 Å². The number of halogens is 3. The molecule has 7 heteroatoms. The number of rotatable bonds is 2. The monoisotopic (exact) mass is 330 g/mol. The van der Waals surface area contributed by atoms with Crippen molar-refractivity contribution in [3.8, 4) is 0 Å². The van der Waals surface area contributed by atoms with E-state index in [4.69, 9.17) is 4.84 Å². The Hall–Kier alpha value is -1.63. The molecule has 0 aromatic carbocycles. The van der Waals surface area contributed by atoms with Gasteiger partial charge in [-0.3, -0.25) is 4.98 Å². The zero-order valence-electron chi connectivity index (χ0n) is 13.5. The molecule has 2 heterocycles. The first-order chi connectivity index (χ1) is 10.6. The molecule has 1 aliphatic rings. The lowest BCUT2D eigenvalue weighted by Gasteiger charge is -2.32. The first kappa shape index (κ1) is 17.7. The van der Waals surface area contributed by atoms with Gasteiger partial charge in [-0.15, -0.1) is 5.06 Å². The zero-order valence-corrected chi connectivity index (χ0v) is 13.5. The van der Waals surface area contributed by atoms with Crippen LogP contribution in [0.1, 0.15) is 50.8 Å². The van der Waals surface area contributed by atoms with E-state index >= 15 is 0 Å². The summed E-state index contributed by atoms with van der Waals surface area (Å²) in [6.07, 6.45) is -2.08. The van der Waals surface area contributed by atoms with Crippen molar-refractivity contribution in [3.63, 3.8) is 0 Å². The Bertz CT molecular complexity index is 559. The first-order valence-corrected chi connectivity index (χ1v) is 7.58. The number of hydrogen-bond donors (Lipinski definition) is 0. The Morgan fingerprint density at radius 3 is 2.39 bits per heavy atom. The minimum Gasteiger partial charge on any atom is -0.367 e. The molecule has 0 spiro atoms. The molecule has 0 saturated carbocycles. The second-order valence-corrected chi connectivity index (χ2v) is 6.77. The summed E-state index contributed by atoms with van der Waals surface area (Å²) >= 11 is 0. The zero-order chi connectivity index (χ0) is 17.3. The first-order valence-electron chi connectivity index (χ1n) is 7.58. The molecule has 0 atom stereocenters. The lowest BCUT2D eigenvalue weighted by Crippen LogP contribution is -2.38. The molecule has 0 unspecified atom stereocenters. The molecule has 2 rings (SSSR count). The quantitative estimate of drug-likeness (QED) is 0.827. The predicted octanol–water partition coefficient (Wildman–Crippen LogP) is 3.78. The number of carbonyl (C=O) groups is 1. The van der Waals surface area contributed by atoms with Gasteiger partial charge < -0.3 is 4.84 Å². The van der Waals surface area contributed by atoms with E-state index in [2.05, 4.69) is 4.98 Å². The third-order valence-electron chi connectivity index (χ3n) is 3.81. The standard InChI is InChI=1S/C16H21F3N2O2/c1-15(2,3)14(22)23-21-9-6-11(7-10-21)13-12(16(17,18)19)5-4-8-20-13/h4-5,8,11H,6-7,9-10H2,1-3H3. The summed E-state index contributed by atoms with van der Waals surface area (Å²) in [5.74, 6) is -0.623.